The fourth-order valence-corrected chi connectivity index (χ4v) is 3.82. The molecule has 21 heavy (non-hydrogen) atoms. The molecule has 1 unspecified atom stereocenters. The van der Waals surface area contributed by atoms with Gasteiger partial charge in [-0.3, -0.25) is 4.98 Å². The highest BCUT2D eigenvalue weighted by atomic mass is 32.1. The normalized spacial score (nSPS) is 12.7. The predicted octanol–water partition coefficient (Wildman–Crippen LogP) is 3.87. The Morgan fingerprint density at radius 2 is 2.05 bits per heavy atom. The number of hydrogen-bond acceptors (Lipinski definition) is 4. The molecule has 0 saturated heterocycles. The predicted molar refractivity (Wildman–Crippen MR) is 88.9 cm³/mol. The Kier molecular flexibility index (Phi) is 3.99. The van der Waals surface area contributed by atoms with E-state index in [1.54, 1.807) is 11.3 Å². The van der Waals surface area contributed by atoms with E-state index >= 15 is 0 Å². The summed E-state index contributed by atoms with van der Waals surface area (Å²) in [5.74, 6) is 0. The second-order valence-electron chi connectivity index (χ2n) is 5.08. The van der Waals surface area contributed by atoms with Crippen molar-refractivity contribution in [3.05, 3.63) is 57.8 Å². The number of aromatic nitrogens is 2. The zero-order valence-electron chi connectivity index (χ0n) is 12.6. The van der Waals surface area contributed by atoms with Crippen molar-refractivity contribution in [3.8, 4) is 0 Å². The monoisotopic (exact) mass is 297 g/mol. The van der Waals surface area contributed by atoms with Crippen LogP contribution in [-0.2, 0) is 6.42 Å². The van der Waals surface area contributed by atoms with Gasteiger partial charge in [-0.25, -0.2) is 4.98 Å². The van der Waals surface area contributed by atoms with E-state index < -0.39 is 0 Å². The van der Waals surface area contributed by atoms with Gasteiger partial charge in [-0.15, -0.1) is 11.3 Å². The summed E-state index contributed by atoms with van der Waals surface area (Å²) in [5, 5.41) is 6.92. The van der Waals surface area contributed by atoms with Gasteiger partial charge in [-0.2, -0.15) is 0 Å². The van der Waals surface area contributed by atoms with Gasteiger partial charge in [0.05, 0.1) is 11.7 Å². The average molecular weight is 297 g/mol. The summed E-state index contributed by atoms with van der Waals surface area (Å²) in [5.41, 5.74) is 2.38. The van der Waals surface area contributed by atoms with E-state index in [-0.39, 0.29) is 6.04 Å². The number of fused-ring (bicyclic) bond motifs is 1. The molecule has 3 rings (SSSR count). The van der Waals surface area contributed by atoms with Crippen LogP contribution in [0.5, 0.6) is 0 Å². The standard InChI is InChI=1S/C17H19N3S/c1-4-15-11(2)21-17(20-15)16(18-3)14-10-19-9-12-7-5-6-8-13(12)14/h5-10,16,18H,4H2,1-3H3. The third kappa shape index (κ3) is 2.57. The van der Waals surface area contributed by atoms with Gasteiger partial charge in [0.25, 0.3) is 0 Å². The topological polar surface area (TPSA) is 37.8 Å². The van der Waals surface area contributed by atoms with Gasteiger partial charge in [0.15, 0.2) is 0 Å². The van der Waals surface area contributed by atoms with Crippen molar-refractivity contribution in [1.29, 1.82) is 0 Å². The lowest BCUT2D eigenvalue weighted by Gasteiger charge is -2.16. The van der Waals surface area contributed by atoms with Crippen LogP contribution in [0.15, 0.2) is 36.7 Å². The molecule has 0 spiro atoms. The molecule has 1 aromatic carbocycles. The maximum atomic E-state index is 4.81. The van der Waals surface area contributed by atoms with Gasteiger partial charge in [0, 0.05) is 28.2 Å². The molecule has 0 fully saturated rings. The molecule has 0 aliphatic heterocycles. The molecule has 4 heteroatoms. The fourth-order valence-electron chi connectivity index (χ4n) is 2.68. The Bertz CT molecular complexity index is 758. The summed E-state index contributed by atoms with van der Waals surface area (Å²) in [6, 6.07) is 8.46. The van der Waals surface area contributed by atoms with Gasteiger partial charge in [0.2, 0.25) is 0 Å². The van der Waals surface area contributed by atoms with Gasteiger partial charge in [-0.1, -0.05) is 31.2 Å². The summed E-state index contributed by atoms with van der Waals surface area (Å²) in [6.45, 7) is 4.30. The molecular weight excluding hydrogens is 278 g/mol. The van der Waals surface area contributed by atoms with Gasteiger partial charge >= 0.3 is 0 Å². The number of thiazole rings is 1. The number of nitrogens with zero attached hydrogens (tertiary/aromatic N) is 2. The third-order valence-electron chi connectivity index (χ3n) is 3.79. The first kappa shape index (κ1) is 14.2. The van der Waals surface area contributed by atoms with Crippen molar-refractivity contribution in [2.75, 3.05) is 7.05 Å². The van der Waals surface area contributed by atoms with E-state index in [2.05, 4.69) is 42.3 Å². The maximum absolute atomic E-state index is 4.81. The zero-order chi connectivity index (χ0) is 14.8. The van der Waals surface area contributed by atoms with Crippen molar-refractivity contribution in [1.82, 2.24) is 15.3 Å². The van der Waals surface area contributed by atoms with Gasteiger partial charge in [-0.05, 0) is 25.8 Å². The lowest BCUT2D eigenvalue weighted by molar-refractivity contribution is 0.685. The SMILES string of the molecule is CCc1nc(C(NC)c2cncc3ccccc23)sc1C. The second kappa shape index (κ2) is 5.92. The van der Waals surface area contributed by atoms with E-state index in [9.17, 15) is 0 Å². The van der Waals surface area contributed by atoms with Crippen molar-refractivity contribution in [2.24, 2.45) is 0 Å². The highest BCUT2D eigenvalue weighted by molar-refractivity contribution is 7.11. The lowest BCUT2D eigenvalue weighted by atomic mass is 10.0. The van der Waals surface area contributed by atoms with Crippen molar-refractivity contribution in [3.63, 3.8) is 0 Å². The zero-order valence-corrected chi connectivity index (χ0v) is 13.4. The Hall–Kier alpha value is -1.78. The molecule has 1 atom stereocenters. The minimum Gasteiger partial charge on any atom is -0.307 e. The molecule has 2 aromatic heterocycles. The molecule has 2 heterocycles. The van der Waals surface area contributed by atoms with E-state index in [1.807, 2.05) is 25.5 Å². The number of nitrogens with one attached hydrogen (secondary N) is 1. The Balaban J connectivity index is 2.13. The average Bonchev–Trinajstić information content (AvgIpc) is 2.89. The molecule has 0 radical (unpaired) electrons. The first-order valence-electron chi connectivity index (χ1n) is 7.20. The number of aryl methyl sites for hydroxylation is 2. The molecule has 0 amide bonds. The first-order valence-corrected chi connectivity index (χ1v) is 8.02. The smallest absolute Gasteiger partial charge is 0.115 e. The minimum absolute atomic E-state index is 0.0904. The van der Waals surface area contributed by atoms with Crippen LogP contribution < -0.4 is 5.32 Å². The highest BCUT2D eigenvalue weighted by Gasteiger charge is 2.19. The number of benzene rings is 1. The molecule has 108 valence electrons. The molecular formula is C17H19N3S. The molecule has 1 N–H and O–H groups in total. The van der Waals surface area contributed by atoms with Gasteiger partial charge < -0.3 is 5.32 Å². The first-order chi connectivity index (χ1) is 10.2. The minimum atomic E-state index is 0.0904. The molecule has 0 aliphatic rings. The molecule has 3 aromatic rings. The van der Waals surface area contributed by atoms with Crippen LogP contribution >= 0.6 is 11.3 Å². The summed E-state index contributed by atoms with van der Waals surface area (Å²) >= 11 is 1.77. The number of rotatable bonds is 4. The van der Waals surface area contributed by atoms with E-state index in [0.717, 1.165) is 11.4 Å². The quantitative estimate of drug-likeness (QED) is 0.794. The van der Waals surface area contributed by atoms with Crippen LogP contribution in [0.1, 0.15) is 34.1 Å². The van der Waals surface area contributed by atoms with Crippen LogP contribution in [-0.4, -0.2) is 17.0 Å². The lowest BCUT2D eigenvalue weighted by Crippen LogP contribution is -2.18. The summed E-state index contributed by atoms with van der Waals surface area (Å²) in [4.78, 5) is 10.5. The van der Waals surface area contributed by atoms with Crippen LogP contribution in [0, 0.1) is 6.92 Å². The summed E-state index contributed by atoms with van der Waals surface area (Å²) < 4.78 is 0. The summed E-state index contributed by atoms with van der Waals surface area (Å²) in [7, 11) is 1.98. The van der Waals surface area contributed by atoms with E-state index in [1.165, 1.54) is 26.9 Å². The second-order valence-corrected chi connectivity index (χ2v) is 6.31. The molecule has 3 nitrogen and oxygen atoms in total. The Labute approximate surface area is 129 Å². The Morgan fingerprint density at radius 3 is 2.76 bits per heavy atom. The van der Waals surface area contributed by atoms with Gasteiger partial charge in [0.1, 0.15) is 5.01 Å². The Morgan fingerprint density at radius 1 is 1.24 bits per heavy atom. The van der Waals surface area contributed by atoms with Crippen LogP contribution in [0.3, 0.4) is 0 Å². The van der Waals surface area contributed by atoms with Crippen LogP contribution in [0.4, 0.5) is 0 Å². The van der Waals surface area contributed by atoms with Crippen LogP contribution in [0.25, 0.3) is 10.8 Å². The fraction of sp³-hybridized carbons (Fsp3) is 0.294. The highest BCUT2D eigenvalue weighted by Crippen LogP contribution is 2.31. The third-order valence-corrected chi connectivity index (χ3v) is 4.87. The largest absolute Gasteiger partial charge is 0.307 e. The molecule has 0 saturated carbocycles. The van der Waals surface area contributed by atoms with Crippen LogP contribution in [0.2, 0.25) is 0 Å². The van der Waals surface area contributed by atoms with Crippen molar-refractivity contribution in [2.45, 2.75) is 26.3 Å². The van der Waals surface area contributed by atoms with E-state index in [4.69, 9.17) is 4.98 Å². The summed E-state index contributed by atoms with van der Waals surface area (Å²) in [6.07, 6.45) is 4.84. The number of pyridine rings is 1. The number of hydrogen-bond donors (Lipinski definition) is 1. The maximum Gasteiger partial charge on any atom is 0.115 e. The van der Waals surface area contributed by atoms with Crippen molar-refractivity contribution < 1.29 is 0 Å². The van der Waals surface area contributed by atoms with Crippen molar-refractivity contribution >= 4 is 22.1 Å². The van der Waals surface area contributed by atoms with E-state index in [0.29, 0.717) is 0 Å². The molecule has 0 bridgehead atoms. The molecule has 0 aliphatic carbocycles.